The molecular weight excluding hydrogens is 256 g/mol. The molecule has 1 N–H and O–H groups in total. The molecule has 3 heteroatoms. The Morgan fingerprint density at radius 2 is 1.63 bits per heavy atom. The normalized spacial score (nSPS) is 16.5. The van der Waals surface area contributed by atoms with Crippen LogP contribution in [-0.4, -0.2) is 18.1 Å². The predicted octanol–water partition coefficient (Wildman–Crippen LogP) is 3.87. The molecule has 1 aliphatic heterocycles. The van der Waals surface area contributed by atoms with E-state index in [1.54, 1.807) is 0 Å². The summed E-state index contributed by atoms with van der Waals surface area (Å²) in [6, 6.07) is 12.2. The SMILES string of the molecule is Clc1ccc(-c2ccc(C3CCNCC3)nc2)cc1. The van der Waals surface area contributed by atoms with Crippen molar-refractivity contribution in [2.24, 2.45) is 0 Å². The van der Waals surface area contributed by atoms with Crippen LogP contribution in [0.2, 0.25) is 5.02 Å². The van der Waals surface area contributed by atoms with Gasteiger partial charge < -0.3 is 5.32 Å². The van der Waals surface area contributed by atoms with Crippen LogP contribution in [-0.2, 0) is 0 Å². The summed E-state index contributed by atoms with van der Waals surface area (Å²) in [5.41, 5.74) is 3.53. The largest absolute Gasteiger partial charge is 0.317 e. The molecule has 0 aliphatic carbocycles. The number of hydrogen-bond donors (Lipinski definition) is 1. The fourth-order valence-electron chi connectivity index (χ4n) is 2.58. The molecule has 0 radical (unpaired) electrons. The van der Waals surface area contributed by atoms with Gasteiger partial charge in [-0.1, -0.05) is 29.8 Å². The number of nitrogens with zero attached hydrogens (tertiary/aromatic N) is 1. The van der Waals surface area contributed by atoms with E-state index in [9.17, 15) is 0 Å². The molecule has 2 nitrogen and oxygen atoms in total. The van der Waals surface area contributed by atoms with Gasteiger partial charge in [-0.2, -0.15) is 0 Å². The highest BCUT2D eigenvalue weighted by Gasteiger charge is 2.16. The first-order chi connectivity index (χ1) is 9.33. The molecule has 0 bridgehead atoms. The predicted molar refractivity (Wildman–Crippen MR) is 79.5 cm³/mol. The smallest absolute Gasteiger partial charge is 0.0435 e. The van der Waals surface area contributed by atoms with Gasteiger partial charge in [0.2, 0.25) is 0 Å². The van der Waals surface area contributed by atoms with Crippen LogP contribution in [0, 0.1) is 0 Å². The van der Waals surface area contributed by atoms with Crippen molar-refractivity contribution in [3.05, 3.63) is 53.3 Å². The molecule has 0 atom stereocenters. The van der Waals surface area contributed by atoms with E-state index in [0.717, 1.165) is 29.2 Å². The lowest BCUT2D eigenvalue weighted by Gasteiger charge is -2.22. The molecule has 1 saturated heterocycles. The van der Waals surface area contributed by atoms with Crippen molar-refractivity contribution in [2.45, 2.75) is 18.8 Å². The summed E-state index contributed by atoms with van der Waals surface area (Å²) < 4.78 is 0. The number of nitrogens with one attached hydrogen (secondary N) is 1. The first kappa shape index (κ1) is 12.6. The molecule has 0 spiro atoms. The Morgan fingerprint density at radius 3 is 2.26 bits per heavy atom. The molecule has 2 aromatic rings. The van der Waals surface area contributed by atoms with Crippen molar-refractivity contribution in [1.82, 2.24) is 10.3 Å². The summed E-state index contributed by atoms with van der Waals surface area (Å²) in [4.78, 5) is 4.64. The van der Waals surface area contributed by atoms with Crippen LogP contribution in [0.3, 0.4) is 0 Å². The first-order valence-electron chi connectivity index (χ1n) is 6.75. The minimum atomic E-state index is 0.612. The van der Waals surface area contributed by atoms with Gasteiger partial charge in [0.05, 0.1) is 0 Å². The van der Waals surface area contributed by atoms with E-state index >= 15 is 0 Å². The van der Waals surface area contributed by atoms with E-state index in [0.29, 0.717) is 5.92 Å². The zero-order chi connectivity index (χ0) is 13.1. The van der Waals surface area contributed by atoms with E-state index in [1.165, 1.54) is 18.5 Å². The topological polar surface area (TPSA) is 24.9 Å². The zero-order valence-corrected chi connectivity index (χ0v) is 11.5. The monoisotopic (exact) mass is 272 g/mol. The molecule has 0 unspecified atom stereocenters. The van der Waals surface area contributed by atoms with Gasteiger partial charge in [-0.25, -0.2) is 0 Å². The van der Waals surface area contributed by atoms with Gasteiger partial charge in [0, 0.05) is 28.4 Å². The maximum atomic E-state index is 5.90. The summed E-state index contributed by atoms with van der Waals surface area (Å²) >= 11 is 5.90. The van der Waals surface area contributed by atoms with Gasteiger partial charge in [-0.15, -0.1) is 0 Å². The molecule has 3 rings (SSSR count). The molecule has 19 heavy (non-hydrogen) atoms. The van der Waals surface area contributed by atoms with Gasteiger partial charge in [0.25, 0.3) is 0 Å². The molecule has 98 valence electrons. The third-order valence-corrected chi connectivity index (χ3v) is 3.97. The Bertz CT molecular complexity index is 528. The molecule has 1 aromatic carbocycles. The van der Waals surface area contributed by atoms with Crippen LogP contribution in [0.1, 0.15) is 24.5 Å². The summed E-state index contributed by atoms with van der Waals surface area (Å²) in [5.74, 6) is 0.612. The van der Waals surface area contributed by atoms with Crippen molar-refractivity contribution in [3.8, 4) is 11.1 Å². The summed E-state index contributed by atoms with van der Waals surface area (Å²) in [6.45, 7) is 2.20. The first-order valence-corrected chi connectivity index (χ1v) is 7.13. The molecule has 1 aliphatic rings. The molecule has 0 amide bonds. The number of benzene rings is 1. The van der Waals surface area contributed by atoms with Crippen molar-refractivity contribution in [1.29, 1.82) is 0 Å². The van der Waals surface area contributed by atoms with Crippen LogP contribution in [0.25, 0.3) is 11.1 Å². The standard InChI is InChI=1S/C16H17ClN2/c17-15-4-1-12(2-5-15)14-3-6-16(19-11-14)13-7-9-18-10-8-13/h1-6,11,13,18H,7-10H2. The average Bonchev–Trinajstić information content (AvgIpc) is 2.49. The minimum Gasteiger partial charge on any atom is -0.317 e. The van der Waals surface area contributed by atoms with Gasteiger partial charge >= 0.3 is 0 Å². The Hall–Kier alpha value is -1.38. The number of hydrogen-bond acceptors (Lipinski definition) is 2. The lowest BCUT2D eigenvalue weighted by atomic mass is 9.93. The van der Waals surface area contributed by atoms with Gasteiger partial charge in [-0.3, -0.25) is 4.98 Å². The third-order valence-electron chi connectivity index (χ3n) is 3.72. The van der Waals surface area contributed by atoms with Crippen LogP contribution in [0.15, 0.2) is 42.6 Å². The second-order valence-corrected chi connectivity index (χ2v) is 5.44. The number of halogens is 1. The number of pyridine rings is 1. The summed E-state index contributed by atoms with van der Waals surface area (Å²) in [7, 11) is 0. The van der Waals surface area contributed by atoms with Crippen LogP contribution in [0.5, 0.6) is 0 Å². The Labute approximate surface area is 118 Å². The lowest BCUT2D eigenvalue weighted by molar-refractivity contribution is 0.453. The van der Waals surface area contributed by atoms with Crippen molar-refractivity contribution in [2.75, 3.05) is 13.1 Å². The third kappa shape index (κ3) is 2.96. The van der Waals surface area contributed by atoms with E-state index in [1.807, 2.05) is 30.5 Å². The van der Waals surface area contributed by atoms with E-state index in [2.05, 4.69) is 22.4 Å². The Balaban J connectivity index is 1.80. The summed E-state index contributed by atoms with van der Waals surface area (Å²) in [5, 5.41) is 4.15. The van der Waals surface area contributed by atoms with Crippen molar-refractivity contribution in [3.63, 3.8) is 0 Å². The minimum absolute atomic E-state index is 0.612. The molecule has 2 heterocycles. The second-order valence-electron chi connectivity index (χ2n) is 5.00. The fraction of sp³-hybridized carbons (Fsp3) is 0.312. The Kier molecular flexibility index (Phi) is 3.81. The van der Waals surface area contributed by atoms with E-state index < -0.39 is 0 Å². The number of piperidine rings is 1. The van der Waals surface area contributed by atoms with Crippen LogP contribution < -0.4 is 5.32 Å². The quantitative estimate of drug-likeness (QED) is 0.898. The number of aromatic nitrogens is 1. The van der Waals surface area contributed by atoms with Crippen molar-refractivity contribution < 1.29 is 0 Å². The molecule has 1 fully saturated rings. The highest BCUT2D eigenvalue weighted by molar-refractivity contribution is 6.30. The summed E-state index contributed by atoms with van der Waals surface area (Å²) in [6.07, 6.45) is 4.35. The fourth-order valence-corrected chi connectivity index (χ4v) is 2.70. The highest BCUT2D eigenvalue weighted by atomic mass is 35.5. The van der Waals surface area contributed by atoms with Gasteiger partial charge in [-0.05, 0) is 49.7 Å². The maximum Gasteiger partial charge on any atom is 0.0435 e. The lowest BCUT2D eigenvalue weighted by Crippen LogP contribution is -2.26. The van der Waals surface area contributed by atoms with Gasteiger partial charge in [0.15, 0.2) is 0 Å². The maximum absolute atomic E-state index is 5.90. The van der Waals surface area contributed by atoms with Crippen LogP contribution in [0.4, 0.5) is 0 Å². The Morgan fingerprint density at radius 1 is 0.947 bits per heavy atom. The van der Waals surface area contributed by atoms with E-state index in [4.69, 9.17) is 11.6 Å². The molecule has 0 saturated carbocycles. The highest BCUT2D eigenvalue weighted by Crippen LogP contribution is 2.26. The second kappa shape index (κ2) is 5.72. The van der Waals surface area contributed by atoms with Crippen LogP contribution >= 0.6 is 11.6 Å². The van der Waals surface area contributed by atoms with Crippen molar-refractivity contribution >= 4 is 11.6 Å². The molecular formula is C16H17ClN2. The van der Waals surface area contributed by atoms with Gasteiger partial charge in [0.1, 0.15) is 0 Å². The molecule has 1 aromatic heterocycles. The van der Waals surface area contributed by atoms with E-state index in [-0.39, 0.29) is 0 Å². The zero-order valence-electron chi connectivity index (χ0n) is 10.8. The number of rotatable bonds is 2. The average molecular weight is 273 g/mol.